The molecule has 2 aromatic rings. The van der Waals surface area contributed by atoms with Crippen LogP contribution in [0.5, 0.6) is 0 Å². The molecule has 3 rings (SSSR count). The van der Waals surface area contributed by atoms with Crippen LogP contribution in [-0.4, -0.2) is 0 Å². The highest BCUT2D eigenvalue weighted by atomic mass is 35.5. The molecule has 104 valence electrons. The van der Waals surface area contributed by atoms with Crippen LogP contribution in [-0.2, 0) is 12.8 Å². The predicted molar refractivity (Wildman–Crippen MR) is 77.5 cm³/mol. The number of hydrogen-bond donors (Lipinski definition) is 0. The van der Waals surface area contributed by atoms with Gasteiger partial charge in [0.15, 0.2) is 11.6 Å². The minimum Gasteiger partial charge on any atom is -0.204 e. The molecule has 20 heavy (non-hydrogen) atoms. The van der Waals surface area contributed by atoms with Crippen molar-refractivity contribution in [2.24, 2.45) is 0 Å². The second-order valence-corrected chi connectivity index (χ2v) is 5.88. The van der Waals surface area contributed by atoms with Crippen molar-refractivity contribution < 1.29 is 8.78 Å². The maximum atomic E-state index is 13.4. The van der Waals surface area contributed by atoms with Crippen LogP contribution in [0.3, 0.4) is 0 Å². The Morgan fingerprint density at radius 3 is 2.45 bits per heavy atom. The highest BCUT2D eigenvalue weighted by molar-refractivity contribution is 6.33. The smallest absolute Gasteiger partial charge is 0.160 e. The Balaban J connectivity index is 2.00. The summed E-state index contributed by atoms with van der Waals surface area (Å²) >= 11 is 12.4. The van der Waals surface area contributed by atoms with E-state index in [9.17, 15) is 8.78 Å². The molecule has 1 aliphatic rings. The Morgan fingerprint density at radius 2 is 1.65 bits per heavy atom. The molecule has 0 amide bonds. The van der Waals surface area contributed by atoms with Gasteiger partial charge in [-0.25, -0.2) is 8.78 Å². The van der Waals surface area contributed by atoms with Crippen molar-refractivity contribution in [1.82, 2.24) is 0 Å². The first-order valence-corrected chi connectivity index (χ1v) is 7.28. The first kappa shape index (κ1) is 13.8. The second-order valence-electron chi connectivity index (χ2n) is 5.03. The predicted octanol–water partition coefficient (Wildman–Crippen LogP) is 5.44. The topological polar surface area (TPSA) is 0 Å². The number of halogens is 4. The number of fused-ring (bicyclic) bond motifs is 1. The fourth-order valence-corrected chi connectivity index (χ4v) is 3.29. The number of rotatable bonds is 2. The van der Waals surface area contributed by atoms with Crippen molar-refractivity contribution in [2.45, 2.75) is 24.6 Å². The molecule has 0 heterocycles. The lowest BCUT2D eigenvalue weighted by Crippen LogP contribution is -1.98. The average Bonchev–Trinajstić information content (AvgIpc) is 2.89. The Morgan fingerprint density at radius 1 is 0.950 bits per heavy atom. The Bertz CT molecular complexity index is 668. The highest BCUT2D eigenvalue weighted by Gasteiger charge is 2.19. The number of aryl methyl sites for hydroxylation is 2. The zero-order valence-corrected chi connectivity index (χ0v) is 12.1. The third-order valence-electron chi connectivity index (χ3n) is 3.73. The molecular weight excluding hydrogens is 301 g/mol. The zero-order chi connectivity index (χ0) is 14.3. The van der Waals surface area contributed by atoms with Crippen LogP contribution in [0, 0.1) is 11.6 Å². The quantitative estimate of drug-likeness (QED) is 0.512. The average molecular weight is 313 g/mol. The van der Waals surface area contributed by atoms with Crippen LogP contribution >= 0.6 is 23.2 Å². The lowest BCUT2D eigenvalue weighted by atomic mass is 10.00. The molecule has 0 saturated carbocycles. The summed E-state index contributed by atoms with van der Waals surface area (Å²) in [4.78, 5) is 0. The first-order valence-electron chi connectivity index (χ1n) is 6.46. The van der Waals surface area contributed by atoms with Gasteiger partial charge in [-0.05, 0) is 53.6 Å². The van der Waals surface area contributed by atoms with Crippen LogP contribution in [0.15, 0.2) is 30.3 Å². The van der Waals surface area contributed by atoms with Crippen molar-refractivity contribution in [2.75, 3.05) is 0 Å². The molecule has 1 unspecified atom stereocenters. The van der Waals surface area contributed by atoms with Gasteiger partial charge in [-0.15, -0.1) is 11.6 Å². The largest absolute Gasteiger partial charge is 0.204 e. The molecular formula is C16H12Cl2F2. The van der Waals surface area contributed by atoms with Gasteiger partial charge in [0, 0.05) is 5.02 Å². The normalized spacial score (nSPS) is 15.2. The van der Waals surface area contributed by atoms with E-state index in [1.54, 1.807) is 0 Å². The number of hydrogen-bond acceptors (Lipinski definition) is 0. The van der Waals surface area contributed by atoms with Crippen LogP contribution in [0.4, 0.5) is 8.78 Å². The molecule has 1 atom stereocenters. The zero-order valence-electron chi connectivity index (χ0n) is 10.6. The summed E-state index contributed by atoms with van der Waals surface area (Å²) in [5.41, 5.74) is 3.88. The van der Waals surface area contributed by atoms with Gasteiger partial charge in [-0.2, -0.15) is 0 Å². The fourth-order valence-electron chi connectivity index (χ4n) is 2.66. The van der Waals surface area contributed by atoms with Gasteiger partial charge >= 0.3 is 0 Å². The van der Waals surface area contributed by atoms with E-state index in [1.165, 1.54) is 11.1 Å². The molecule has 0 aromatic heterocycles. The minimum absolute atomic E-state index is 0.143. The Kier molecular flexibility index (Phi) is 3.70. The molecule has 0 radical (unpaired) electrons. The molecule has 0 aliphatic heterocycles. The summed E-state index contributed by atoms with van der Waals surface area (Å²) in [6.07, 6.45) is 3.28. The molecule has 0 bridgehead atoms. The van der Waals surface area contributed by atoms with Gasteiger partial charge < -0.3 is 0 Å². The Hall–Kier alpha value is -1.12. The van der Waals surface area contributed by atoms with E-state index in [4.69, 9.17) is 23.2 Å². The van der Waals surface area contributed by atoms with E-state index in [0.29, 0.717) is 5.56 Å². The van der Waals surface area contributed by atoms with Gasteiger partial charge in [0.05, 0.1) is 5.38 Å². The second kappa shape index (κ2) is 5.34. The summed E-state index contributed by atoms with van der Waals surface area (Å²) in [7, 11) is 0. The van der Waals surface area contributed by atoms with E-state index in [-0.39, 0.29) is 5.02 Å². The molecule has 0 N–H and O–H groups in total. The highest BCUT2D eigenvalue weighted by Crippen LogP contribution is 2.36. The molecule has 0 spiro atoms. The van der Waals surface area contributed by atoms with E-state index in [2.05, 4.69) is 6.07 Å². The molecule has 0 saturated heterocycles. The first-order chi connectivity index (χ1) is 9.56. The summed E-state index contributed by atoms with van der Waals surface area (Å²) in [6.45, 7) is 0. The van der Waals surface area contributed by atoms with E-state index < -0.39 is 17.0 Å². The molecule has 2 aromatic carbocycles. The number of benzene rings is 2. The van der Waals surface area contributed by atoms with Gasteiger partial charge in [0.25, 0.3) is 0 Å². The lowest BCUT2D eigenvalue weighted by Gasteiger charge is -2.14. The molecule has 0 fully saturated rings. The van der Waals surface area contributed by atoms with Crippen LogP contribution in [0.2, 0.25) is 5.02 Å². The van der Waals surface area contributed by atoms with Gasteiger partial charge in [-0.3, -0.25) is 0 Å². The maximum Gasteiger partial charge on any atom is 0.160 e. The van der Waals surface area contributed by atoms with Crippen molar-refractivity contribution in [3.8, 4) is 0 Å². The van der Waals surface area contributed by atoms with E-state index >= 15 is 0 Å². The maximum absolute atomic E-state index is 13.4. The van der Waals surface area contributed by atoms with Gasteiger partial charge in [0.1, 0.15) is 0 Å². The molecule has 4 heteroatoms. The van der Waals surface area contributed by atoms with Crippen molar-refractivity contribution >= 4 is 23.2 Å². The van der Waals surface area contributed by atoms with Crippen molar-refractivity contribution in [3.05, 3.63) is 69.2 Å². The number of alkyl halides is 1. The van der Waals surface area contributed by atoms with Crippen LogP contribution in [0.25, 0.3) is 0 Å². The SMILES string of the molecule is Fc1cc(Cl)c(C(Cl)c2ccc3c(c2)CCC3)cc1F. The van der Waals surface area contributed by atoms with Crippen molar-refractivity contribution in [3.63, 3.8) is 0 Å². The summed E-state index contributed by atoms with van der Waals surface area (Å²) in [6, 6.07) is 8.06. The standard InChI is InChI=1S/C16H12Cl2F2/c17-13-8-15(20)14(19)7-12(13)16(18)11-5-4-9-2-1-3-10(9)6-11/h4-8,16H,1-3H2. The summed E-state index contributed by atoms with van der Waals surface area (Å²) in [5.74, 6) is -1.90. The van der Waals surface area contributed by atoms with Gasteiger partial charge in [0.2, 0.25) is 0 Å². The lowest BCUT2D eigenvalue weighted by molar-refractivity contribution is 0.507. The summed E-state index contributed by atoms with van der Waals surface area (Å²) < 4.78 is 26.5. The van der Waals surface area contributed by atoms with E-state index in [0.717, 1.165) is 37.0 Å². The van der Waals surface area contributed by atoms with Gasteiger partial charge in [-0.1, -0.05) is 29.8 Å². The minimum atomic E-state index is -0.962. The third-order valence-corrected chi connectivity index (χ3v) is 4.54. The molecule has 1 aliphatic carbocycles. The molecule has 0 nitrogen and oxygen atoms in total. The van der Waals surface area contributed by atoms with E-state index in [1.807, 2.05) is 12.1 Å². The summed E-state index contributed by atoms with van der Waals surface area (Å²) in [5, 5.41) is -0.437. The van der Waals surface area contributed by atoms with Crippen LogP contribution < -0.4 is 0 Å². The Labute approximate surface area is 126 Å². The fraction of sp³-hybridized carbons (Fsp3) is 0.250. The van der Waals surface area contributed by atoms with Crippen molar-refractivity contribution in [1.29, 1.82) is 0 Å². The van der Waals surface area contributed by atoms with Crippen LogP contribution in [0.1, 0.15) is 34.1 Å². The monoisotopic (exact) mass is 312 g/mol. The third kappa shape index (κ3) is 2.43.